The van der Waals surface area contributed by atoms with E-state index in [2.05, 4.69) is 15.7 Å². The molecule has 0 aromatic heterocycles. The van der Waals surface area contributed by atoms with Crippen LogP contribution in [0.5, 0.6) is 5.75 Å². The molecule has 1 N–H and O–H groups in total. The lowest BCUT2D eigenvalue weighted by Crippen LogP contribution is -2.43. The zero-order valence-corrected chi connectivity index (χ0v) is 16.7. The fourth-order valence-electron chi connectivity index (χ4n) is 3.41. The van der Waals surface area contributed by atoms with Gasteiger partial charge in [-0.2, -0.15) is 5.11 Å². The number of nitrogens with zero attached hydrogens (tertiary/aromatic N) is 4. The van der Waals surface area contributed by atoms with Crippen LogP contribution in [-0.2, 0) is 14.4 Å². The topological polar surface area (TPSA) is 104 Å². The molecule has 2 aromatic rings. The Kier molecular flexibility index (Phi) is 5.37. The molecule has 1 fully saturated rings. The van der Waals surface area contributed by atoms with E-state index < -0.39 is 29.8 Å². The van der Waals surface area contributed by atoms with Crippen LogP contribution in [0.3, 0.4) is 0 Å². The Morgan fingerprint density at radius 1 is 1.17 bits per heavy atom. The molecule has 2 aliphatic rings. The van der Waals surface area contributed by atoms with E-state index in [1.54, 1.807) is 42.5 Å². The lowest BCUT2D eigenvalue weighted by Gasteiger charge is -2.20. The van der Waals surface area contributed by atoms with Crippen LogP contribution in [-0.4, -0.2) is 48.0 Å². The van der Waals surface area contributed by atoms with Gasteiger partial charge in [0, 0.05) is 5.02 Å². The molecule has 10 heteroatoms. The summed E-state index contributed by atoms with van der Waals surface area (Å²) in [6.07, 6.45) is 0. The summed E-state index contributed by atoms with van der Waals surface area (Å²) in [5, 5.41) is 12.2. The standard InChI is InChI=1S/C20H18ClN5O4/c1-2-30-15-9-4-3-8-14(15)22-16(27)11-25-18-17(23-24-25)19(28)26(20(18)29)13-7-5-6-12(21)10-13/h3-10,17-18H,2,11H2,1H3,(H,22,27)/t17-,18-/m1/s1. The van der Waals surface area contributed by atoms with Crippen molar-refractivity contribution in [1.82, 2.24) is 5.01 Å². The minimum Gasteiger partial charge on any atom is -0.492 e. The molecule has 2 aromatic carbocycles. The molecule has 0 aliphatic carbocycles. The van der Waals surface area contributed by atoms with Crippen molar-refractivity contribution in [3.8, 4) is 5.75 Å². The van der Waals surface area contributed by atoms with Crippen molar-refractivity contribution in [1.29, 1.82) is 0 Å². The highest BCUT2D eigenvalue weighted by molar-refractivity contribution is 6.31. The van der Waals surface area contributed by atoms with E-state index in [1.165, 1.54) is 11.1 Å². The molecule has 2 heterocycles. The maximum absolute atomic E-state index is 12.9. The Labute approximate surface area is 177 Å². The molecule has 9 nitrogen and oxygen atoms in total. The summed E-state index contributed by atoms with van der Waals surface area (Å²) < 4.78 is 5.49. The van der Waals surface area contributed by atoms with Crippen LogP contribution in [0.25, 0.3) is 0 Å². The van der Waals surface area contributed by atoms with Gasteiger partial charge < -0.3 is 10.1 Å². The zero-order chi connectivity index (χ0) is 21.3. The Hall–Kier alpha value is -3.46. The lowest BCUT2D eigenvalue weighted by molar-refractivity contribution is -0.123. The van der Waals surface area contributed by atoms with Gasteiger partial charge in [-0.25, -0.2) is 4.90 Å². The van der Waals surface area contributed by atoms with Gasteiger partial charge in [-0.05, 0) is 37.3 Å². The maximum Gasteiger partial charge on any atom is 0.263 e. The van der Waals surface area contributed by atoms with E-state index in [9.17, 15) is 14.4 Å². The van der Waals surface area contributed by atoms with Gasteiger partial charge in [0.2, 0.25) is 5.91 Å². The molecular formula is C20H18ClN5O4. The first-order valence-corrected chi connectivity index (χ1v) is 9.70. The fraction of sp³-hybridized carbons (Fsp3) is 0.250. The number of halogens is 1. The molecule has 0 radical (unpaired) electrons. The van der Waals surface area contributed by atoms with Crippen molar-refractivity contribution in [3.05, 3.63) is 53.6 Å². The summed E-state index contributed by atoms with van der Waals surface area (Å²) in [7, 11) is 0. The summed E-state index contributed by atoms with van der Waals surface area (Å²) in [5.74, 6) is -0.878. The molecule has 1 saturated heterocycles. The van der Waals surface area contributed by atoms with Crippen LogP contribution >= 0.6 is 11.6 Å². The van der Waals surface area contributed by atoms with Crippen LogP contribution in [0.15, 0.2) is 58.9 Å². The number of imide groups is 1. The second-order valence-corrected chi connectivity index (χ2v) is 7.10. The molecular weight excluding hydrogens is 410 g/mol. The van der Waals surface area contributed by atoms with Gasteiger partial charge in [0.05, 0.1) is 18.0 Å². The number of anilines is 2. The van der Waals surface area contributed by atoms with E-state index in [1.807, 2.05) is 6.92 Å². The summed E-state index contributed by atoms with van der Waals surface area (Å²) in [6.45, 7) is 2.05. The Bertz CT molecular complexity index is 1040. The number of amides is 3. The fourth-order valence-corrected chi connectivity index (χ4v) is 3.60. The molecule has 30 heavy (non-hydrogen) atoms. The van der Waals surface area contributed by atoms with Gasteiger partial charge in [-0.3, -0.25) is 19.4 Å². The van der Waals surface area contributed by atoms with Gasteiger partial charge in [0.1, 0.15) is 12.3 Å². The van der Waals surface area contributed by atoms with Crippen molar-refractivity contribution in [3.63, 3.8) is 0 Å². The van der Waals surface area contributed by atoms with Crippen LogP contribution in [0.4, 0.5) is 11.4 Å². The minimum atomic E-state index is -0.986. The summed E-state index contributed by atoms with van der Waals surface area (Å²) in [4.78, 5) is 39.3. The number of ether oxygens (including phenoxy) is 1. The van der Waals surface area contributed by atoms with Gasteiger partial charge >= 0.3 is 0 Å². The largest absolute Gasteiger partial charge is 0.492 e. The minimum absolute atomic E-state index is 0.243. The molecule has 3 amide bonds. The van der Waals surface area contributed by atoms with E-state index in [0.29, 0.717) is 28.8 Å². The Morgan fingerprint density at radius 2 is 1.97 bits per heavy atom. The van der Waals surface area contributed by atoms with Crippen LogP contribution in [0.2, 0.25) is 5.02 Å². The van der Waals surface area contributed by atoms with Crippen molar-refractivity contribution in [2.24, 2.45) is 10.3 Å². The molecule has 0 bridgehead atoms. The van der Waals surface area contributed by atoms with Crippen LogP contribution in [0.1, 0.15) is 6.92 Å². The number of hydrogen-bond donors (Lipinski definition) is 1. The summed E-state index contributed by atoms with van der Waals surface area (Å²) >= 11 is 5.98. The molecule has 0 spiro atoms. The van der Waals surface area contributed by atoms with Crippen LogP contribution in [0, 0.1) is 0 Å². The number of nitrogens with one attached hydrogen (secondary N) is 1. The number of para-hydroxylation sites is 2. The third-order valence-electron chi connectivity index (χ3n) is 4.69. The maximum atomic E-state index is 12.9. The first-order chi connectivity index (χ1) is 14.5. The molecule has 4 rings (SSSR count). The van der Waals surface area contributed by atoms with Crippen molar-refractivity contribution in [2.75, 3.05) is 23.4 Å². The highest BCUT2D eigenvalue weighted by atomic mass is 35.5. The average Bonchev–Trinajstić information content (AvgIpc) is 3.23. The average molecular weight is 428 g/mol. The Morgan fingerprint density at radius 3 is 2.73 bits per heavy atom. The summed E-state index contributed by atoms with van der Waals surface area (Å²) in [5.41, 5.74) is 0.864. The zero-order valence-electron chi connectivity index (χ0n) is 16.0. The number of benzene rings is 2. The monoisotopic (exact) mass is 427 g/mol. The number of carbonyl (C=O) groups excluding carboxylic acids is 3. The predicted octanol–water partition coefficient (Wildman–Crippen LogP) is 2.67. The highest BCUT2D eigenvalue weighted by Crippen LogP contribution is 2.33. The van der Waals surface area contributed by atoms with E-state index in [-0.39, 0.29) is 6.54 Å². The molecule has 154 valence electrons. The number of rotatable bonds is 6. The third-order valence-corrected chi connectivity index (χ3v) is 4.93. The Balaban J connectivity index is 1.48. The van der Waals surface area contributed by atoms with E-state index >= 15 is 0 Å². The van der Waals surface area contributed by atoms with Crippen molar-refractivity contribution >= 4 is 40.7 Å². The number of hydrogen-bond acceptors (Lipinski definition) is 7. The van der Waals surface area contributed by atoms with Crippen molar-refractivity contribution in [2.45, 2.75) is 19.0 Å². The van der Waals surface area contributed by atoms with Gasteiger partial charge in [-0.15, -0.1) is 0 Å². The van der Waals surface area contributed by atoms with Gasteiger partial charge in [-0.1, -0.05) is 35.0 Å². The first kappa shape index (κ1) is 19.8. The predicted molar refractivity (Wildman–Crippen MR) is 109 cm³/mol. The highest BCUT2D eigenvalue weighted by Gasteiger charge is 2.55. The van der Waals surface area contributed by atoms with Crippen LogP contribution < -0.4 is 15.0 Å². The molecule has 0 saturated carbocycles. The van der Waals surface area contributed by atoms with Crippen molar-refractivity contribution < 1.29 is 19.1 Å². The van der Waals surface area contributed by atoms with E-state index in [4.69, 9.17) is 16.3 Å². The molecule has 2 atom stereocenters. The lowest BCUT2D eigenvalue weighted by atomic mass is 10.1. The second kappa shape index (κ2) is 8.11. The normalized spacial score (nSPS) is 19.9. The third kappa shape index (κ3) is 3.59. The molecule has 2 aliphatic heterocycles. The quantitative estimate of drug-likeness (QED) is 0.714. The van der Waals surface area contributed by atoms with Gasteiger partial charge in [0.15, 0.2) is 12.1 Å². The first-order valence-electron chi connectivity index (χ1n) is 9.32. The SMILES string of the molecule is CCOc1ccccc1NC(=O)CN1N=N[C@H]2C(=O)N(c3cccc(Cl)c3)C(=O)[C@@H]21. The smallest absolute Gasteiger partial charge is 0.263 e. The van der Waals surface area contributed by atoms with E-state index in [0.717, 1.165) is 4.90 Å². The summed E-state index contributed by atoms with van der Waals surface area (Å²) in [6, 6.07) is 11.5. The second-order valence-electron chi connectivity index (χ2n) is 6.66. The number of fused-ring (bicyclic) bond motifs is 1. The molecule has 0 unspecified atom stereocenters. The number of carbonyl (C=O) groups is 3. The van der Waals surface area contributed by atoms with Gasteiger partial charge in [0.25, 0.3) is 11.8 Å².